The Balaban J connectivity index is 1.79. The molecule has 0 saturated carbocycles. The van der Waals surface area contributed by atoms with Crippen LogP contribution in [0.5, 0.6) is 0 Å². The van der Waals surface area contributed by atoms with Gasteiger partial charge in [-0.2, -0.15) is 5.10 Å². The highest BCUT2D eigenvalue weighted by Gasteiger charge is 2.28. The van der Waals surface area contributed by atoms with Gasteiger partial charge in [0.05, 0.1) is 12.2 Å². The number of aromatic amines is 1. The van der Waals surface area contributed by atoms with E-state index in [-0.39, 0.29) is 0 Å². The fourth-order valence-electron chi connectivity index (χ4n) is 2.87. The van der Waals surface area contributed by atoms with Crippen LogP contribution in [0.4, 0.5) is 0 Å². The Morgan fingerprint density at radius 3 is 2.95 bits per heavy atom. The first kappa shape index (κ1) is 14.3. The number of piperidine rings is 1. The SMILES string of the molecule is Cc1oncc1CN1CCCCC1c1nc(C(C)C)n[nH]1. The first-order valence-corrected chi connectivity index (χ1v) is 7.71. The molecule has 1 saturated heterocycles. The van der Waals surface area contributed by atoms with E-state index in [9.17, 15) is 0 Å². The van der Waals surface area contributed by atoms with E-state index in [0.29, 0.717) is 12.0 Å². The number of hydrogen-bond acceptors (Lipinski definition) is 5. The smallest absolute Gasteiger partial charge is 0.153 e. The van der Waals surface area contributed by atoms with Crippen molar-refractivity contribution in [1.29, 1.82) is 0 Å². The third-order valence-corrected chi connectivity index (χ3v) is 4.19. The van der Waals surface area contributed by atoms with E-state index in [1.54, 1.807) is 0 Å². The fraction of sp³-hybridized carbons (Fsp3) is 0.667. The molecule has 0 bridgehead atoms. The maximum absolute atomic E-state index is 5.17. The molecule has 2 aromatic heterocycles. The molecule has 6 heteroatoms. The molecule has 6 nitrogen and oxygen atoms in total. The summed E-state index contributed by atoms with van der Waals surface area (Å²) in [5, 5.41) is 11.4. The van der Waals surface area contributed by atoms with Crippen molar-refractivity contribution in [3.05, 3.63) is 29.2 Å². The zero-order valence-corrected chi connectivity index (χ0v) is 13.0. The van der Waals surface area contributed by atoms with Crippen LogP contribution >= 0.6 is 0 Å². The number of nitrogens with one attached hydrogen (secondary N) is 1. The second kappa shape index (κ2) is 5.97. The molecule has 0 aromatic carbocycles. The molecule has 0 amide bonds. The monoisotopic (exact) mass is 289 g/mol. The van der Waals surface area contributed by atoms with Crippen LogP contribution in [-0.4, -0.2) is 31.8 Å². The van der Waals surface area contributed by atoms with Gasteiger partial charge in [-0.3, -0.25) is 10.00 Å². The van der Waals surface area contributed by atoms with Crippen LogP contribution in [0.3, 0.4) is 0 Å². The van der Waals surface area contributed by atoms with Crippen molar-refractivity contribution in [3.8, 4) is 0 Å². The number of aryl methyl sites for hydroxylation is 1. The van der Waals surface area contributed by atoms with Crippen LogP contribution < -0.4 is 0 Å². The number of hydrogen-bond donors (Lipinski definition) is 1. The third kappa shape index (κ3) is 3.00. The molecule has 1 fully saturated rings. The average molecular weight is 289 g/mol. The minimum Gasteiger partial charge on any atom is -0.361 e. The number of nitrogens with zero attached hydrogens (tertiary/aromatic N) is 4. The summed E-state index contributed by atoms with van der Waals surface area (Å²) in [5.74, 6) is 3.15. The molecular weight excluding hydrogens is 266 g/mol. The minimum atomic E-state index is 0.313. The van der Waals surface area contributed by atoms with Crippen molar-refractivity contribution in [2.75, 3.05) is 6.54 Å². The highest BCUT2D eigenvalue weighted by atomic mass is 16.5. The van der Waals surface area contributed by atoms with Gasteiger partial charge in [-0.25, -0.2) is 4.98 Å². The molecule has 0 radical (unpaired) electrons. The Morgan fingerprint density at radius 2 is 2.29 bits per heavy atom. The molecule has 0 spiro atoms. The molecule has 21 heavy (non-hydrogen) atoms. The molecule has 0 aliphatic carbocycles. The van der Waals surface area contributed by atoms with Crippen LogP contribution in [0.1, 0.15) is 68.0 Å². The normalized spacial score (nSPS) is 20.3. The van der Waals surface area contributed by atoms with E-state index in [1.165, 1.54) is 12.8 Å². The molecular formula is C15H23N5O. The van der Waals surface area contributed by atoms with Crippen molar-refractivity contribution in [2.24, 2.45) is 0 Å². The minimum absolute atomic E-state index is 0.313. The predicted octanol–water partition coefficient (Wildman–Crippen LogP) is 2.95. The Bertz CT molecular complexity index is 588. The van der Waals surface area contributed by atoms with Crippen LogP contribution in [-0.2, 0) is 6.54 Å². The van der Waals surface area contributed by atoms with Crippen molar-refractivity contribution < 1.29 is 4.52 Å². The maximum Gasteiger partial charge on any atom is 0.153 e. The molecule has 1 N–H and O–H groups in total. The lowest BCUT2D eigenvalue weighted by atomic mass is 10.0. The van der Waals surface area contributed by atoms with E-state index in [2.05, 4.69) is 39.1 Å². The molecule has 3 heterocycles. The summed E-state index contributed by atoms with van der Waals surface area (Å²) < 4.78 is 5.17. The lowest BCUT2D eigenvalue weighted by Gasteiger charge is -2.33. The molecule has 3 rings (SSSR count). The molecule has 1 aliphatic heterocycles. The van der Waals surface area contributed by atoms with Crippen LogP contribution in [0.25, 0.3) is 0 Å². The summed E-state index contributed by atoms with van der Waals surface area (Å²) in [7, 11) is 0. The third-order valence-electron chi connectivity index (χ3n) is 4.19. The van der Waals surface area contributed by atoms with Gasteiger partial charge in [0, 0.05) is 18.0 Å². The largest absolute Gasteiger partial charge is 0.361 e. The van der Waals surface area contributed by atoms with Gasteiger partial charge < -0.3 is 4.52 Å². The number of H-pyrrole nitrogens is 1. The molecule has 1 atom stereocenters. The number of likely N-dealkylation sites (tertiary alicyclic amines) is 1. The van der Waals surface area contributed by atoms with Crippen LogP contribution in [0, 0.1) is 6.92 Å². The Hall–Kier alpha value is -1.69. The van der Waals surface area contributed by atoms with E-state index in [1.807, 2.05) is 13.1 Å². The second-order valence-corrected chi connectivity index (χ2v) is 6.12. The Morgan fingerprint density at radius 1 is 1.43 bits per heavy atom. The van der Waals surface area contributed by atoms with Gasteiger partial charge in [0.15, 0.2) is 5.82 Å². The van der Waals surface area contributed by atoms with E-state index in [4.69, 9.17) is 4.52 Å². The van der Waals surface area contributed by atoms with Gasteiger partial charge >= 0.3 is 0 Å². The first-order valence-electron chi connectivity index (χ1n) is 7.71. The first-order chi connectivity index (χ1) is 10.1. The van der Waals surface area contributed by atoms with Gasteiger partial charge in [0.25, 0.3) is 0 Å². The van der Waals surface area contributed by atoms with Crippen LogP contribution in [0.15, 0.2) is 10.7 Å². The van der Waals surface area contributed by atoms with Crippen molar-refractivity contribution in [2.45, 2.75) is 58.5 Å². The summed E-state index contributed by atoms with van der Waals surface area (Å²) in [6.07, 6.45) is 5.41. The van der Waals surface area contributed by atoms with Gasteiger partial charge in [-0.05, 0) is 26.3 Å². The fourth-order valence-corrected chi connectivity index (χ4v) is 2.87. The van der Waals surface area contributed by atoms with Crippen molar-refractivity contribution in [1.82, 2.24) is 25.2 Å². The molecule has 1 unspecified atom stereocenters. The quantitative estimate of drug-likeness (QED) is 0.937. The topological polar surface area (TPSA) is 70.8 Å². The van der Waals surface area contributed by atoms with Crippen molar-refractivity contribution in [3.63, 3.8) is 0 Å². The Kier molecular flexibility index (Phi) is 4.05. The predicted molar refractivity (Wildman–Crippen MR) is 78.7 cm³/mol. The Labute approximate surface area is 124 Å². The van der Waals surface area contributed by atoms with Gasteiger partial charge in [0.1, 0.15) is 11.6 Å². The summed E-state index contributed by atoms with van der Waals surface area (Å²) >= 11 is 0. The second-order valence-electron chi connectivity index (χ2n) is 6.12. The zero-order valence-electron chi connectivity index (χ0n) is 13.0. The van der Waals surface area contributed by atoms with E-state index < -0.39 is 0 Å². The number of rotatable bonds is 4. The molecule has 1 aliphatic rings. The highest BCUT2D eigenvalue weighted by molar-refractivity contribution is 5.12. The van der Waals surface area contributed by atoms with Crippen LogP contribution in [0.2, 0.25) is 0 Å². The van der Waals surface area contributed by atoms with E-state index >= 15 is 0 Å². The standard InChI is InChI=1S/C15H23N5O/c1-10(2)14-17-15(19-18-14)13-6-4-5-7-20(13)9-12-8-16-21-11(12)3/h8,10,13H,4-7,9H2,1-3H3,(H,17,18,19). The van der Waals surface area contributed by atoms with Crippen molar-refractivity contribution >= 4 is 0 Å². The maximum atomic E-state index is 5.17. The summed E-state index contributed by atoms with van der Waals surface area (Å²) in [6.45, 7) is 8.13. The zero-order chi connectivity index (χ0) is 14.8. The highest BCUT2D eigenvalue weighted by Crippen LogP contribution is 2.31. The number of aromatic nitrogens is 4. The van der Waals surface area contributed by atoms with Gasteiger partial charge in [0.2, 0.25) is 0 Å². The summed E-state index contributed by atoms with van der Waals surface area (Å²) in [5.41, 5.74) is 1.16. The lowest BCUT2D eigenvalue weighted by molar-refractivity contribution is 0.133. The summed E-state index contributed by atoms with van der Waals surface area (Å²) in [4.78, 5) is 7.14. The average Bonchev–Trinajstić information content (AvgIpc) is 3.10. The molecule has 114 valence electrons. The molecule has 2 aromatic rings. The summed E-state index contributed by atoms with van der Waals surface area (Å²) in [6, 6.07) is 0.313. The van der Waals surface area contributed by atoms with Gasteiger partial charge in [-0.15, -0.1) is 0 Å². The van der Waals surface area contributed by atoms with E-state index in [0.717, 1.165) is 42.5 Å². The van der Waals surface area contributed by atoms with Gasteiger partial charge in [-0.1, -0.05) is 25.4 Å². The lowest BCUT2D eigenvalue weighted by Crippen LogP contribution is -2.33.